The first-order chi connectivity index (χ1) is 16.6. The lowest BCUT2D eigenvalue weighted by molar-refractivity contribution is -0.274. The van der Waals surface area contributed by atoms with E-state index < -0.39 is 35.6 Å². The van der Waals surface area contributed by atoms with Gasteiger partial charge in [-0.15, -0.1) is 24.5 Å². The van der Waals surface area contributed by atoms with Gasteiger partial charge in [0.05, 0.1) is 9.40 Å². The zero-order valence-corrected chi connectivity index (χ0v) is 18.5. The number of alkyl halides is 3. The molecule has 0 saturated carbocycles. The summed E-state index contributed by atoms with van der Waals surface area (Å²) in [7, 11) is 0. The lowest BCUT2D eigenvalue weighted by atomic mass is 10.0. The molecule has 178 valence electrons. The fourth-order valence-corrected chi connectivity index (χ4v) is 4.57. The molecule has 0 amide bonds. The number of halogens is 4. The SMILES string of the molecule is C=CC(=O)Oc1ccc(-c2ccc3c(sc4c(OC(F)(F)F)c(OC(=O)C=C)ccc43)c2F)cc1. The highest BCUT2D eigenvalue weighted by Gasteiger charge is 2.34. The van der Waals surface area contributed by atoms with E-state index >= 15 is 4.39 Å². The Bertz CT molecular complexity index is 1490. The molecule has 0 aliphatic carbocycles. The van der Waals surface area contributed by atoms with Crippen molar-refractivity contribution in [2.75, 3.05) is 0 Å². The van der Waals surface area contributed by atoms with E-state index in [9.17, 15) is 22.8 Å². The maximum atomic E-state index is 15.5. The summed E-state index contributed by atoms with van der Waals surface area (Å²) in [5.74, 6) is -3.28. The number of benzene rings is 3. The number of carbonyl (C=O) groups is 2. The first kappa shape index (κ1) is 24.0. The summed E-state index contributed by atoms with van der Waals surface area (Å²) in [6, 6.07) is 11.6. The Kier molecular flexibility index (Phi) is 6.31. The van der Waals surface area contributed by atoms with Gasteiger partial charge >= 0.3 is 18.3 Å². The van der Waals surface area contributed by atoms with E-state index in [1.165, 1.54) is 36.4 Å². The van der Waals surface area contributed by atoms with Crippen molar-refractivity contribution in [3.05, 3.63) is 79.7 Å². The summed E-state index contributed by atoms with van der Waals surface area (Å²) < 4.78 is 69.0. The van der Waals surface area contributed by atoms with Gasteiger partial charge in [-0.2, -0.15) is 0 Å². The van der Waals surface area contributed by atoms with Crippen LogP contribution in [-0.4, -0.2) is 18.3 Å². The van der Waals surface area contributed by atoms with E-state index in [0.717, 1.165) is 29.6 Å². The Morgan fingerprint density at radius 1 is 0.829 bits per heavy atom. The molecule has 0 unspecified atom stereocenters. The molecular formula is C25H14F4O5S. The minimum Gasteiger partial charge on any atom is -0.423 e. The van der Waals surface area contributed by atoms with E-state index in [4.69, 9.17) is 9.47 Å². The fourth-order valence-electron chi connectivity index (χ4n) is 3.35. The number of carbonyl (C=O) groups excluding carboxylic acids is 2. The van der Waals surface area contributed by atoms with Crippen LogP contribution in [0.3, 0.4) is 0 Å². The molecule has 1 aromatic heterocycles. The summed E-state index contributed by atoms with van der Waals surface area (Å²) in [6.45, 7) is 6.53. The second kappa shape index (κ2) is 9.22. The lowest BCUT2D eigenvalue weighted by Gasteiger charge is -2.13. The second-order valence-electron chi connectivity index (χ2n) is 7.00. The van der Waals surface area contributed by atoms with Crippen molar-refractivity contribution >= 4 is 43.4 Å². The second-order valence-corrected chi connectivity index (χ2v) is 8.02. The zero-order valence-electron chi connectivity index (χ0n) is 17.6. The highest BCUT2D eigenvalue weighted by Crippen LogP contribution is 2.47. The van der Waals surface area contributed by atoms with E-state index in [0.29, 0.717) is 16.3 Å². The van der Waals surface area contributed by atoms with Crippen LogP contribution in [-0.2, 0) is 9.59 Å². The molecular weight excluding hydrogens is 488 g/mol. The molecule has 0 fully saturated rings. The summed E-state index contributed by atoms with van der Waals surface area (Å²) in [5, 5.41) is 0.649. The molecule has 5 nitrogen and oxygen atoms in total. The van der Waals surface area contributed by atoms with Gasteiger partial charge in [0.1, 0.15) is 11.6 Å². The van der Waals surface area contributed by atoms with Gasteiger partial charge in [0.25, 0.3) is 0 Å². The van der Waals surface area contributed by atoms with Crippen LogP contribution >= 0.6 is 11.3 Å². The van der Waals surface area contributed by atoms with E-state index in [-0.39, 0.29) is 20.7 Å². The van der Waals surface area contributed by atoms with Crippen molar-refractivity contribution in [1.82, 2.24) is 0 Å². The monoisotopic (exact) mass is 502 g/mol. The predicted molar refractivity (Wildman–Crippen MR) is 123 cm³/mol. The number of hydrogen-bond donors (Lipinski definition) is 0. The van der Waals surface area contributed by atoms with Crippen LogP contribution in [0.2, 0.25) is 0 Å². The van der Waals surface area contributed by atoms with Gasteiger partial charge in [0.15, 0.2) is 11.5 Å². The highest BCUT2D eigenvalue weighted by atomic mass is 32.1. The van der Waals surface area contributed by atoms with Crippen LogP contribution in [0.1, 0.15) is 0 Å². The van der Waals surface area contributed by atoms with Crippen molar-refractivity contribution in [2.45, 2.75) is 6.36 Å². The number of fused-ring (bicyclic) bond motifs is 3. The van der Waals surface area contributed by atoms with Gasteiger partial charge < -0.3 is 14.2 Å². The average Bonchev–Trinajstić information content (AvgIpc) is 3.20. The Morgan fingerprint density at radius 3 is 2.06 bits per heavy atom. The molecule has 3 aromatic carbocycles. The van der Waals surface area contributed by atoms with Crippen molar-refractivity contribution in [3.63, 3.8) is 0 Å². The van der Waals surface area contributed by atoms with Crippen LogP contribution in [0, 0.1) is 5.82 Å². The van der Waals surface area contributed by atoms with Crippen LogP contribution in [0.4, 0.5) is 17.6 Å². The molecule has 4 aromatic rings. The largest absolute Gasteiger partial charge is 0.573 e. The summed E-state index contributed by atoms with van der Waals surface area (Å²) in [4.78, 5) is 22.9. The van der Waals surface area contributed by atoms with E-state index in [1.54, 1.807) is 6.07 Å². The smallest absolute Gasteiger partial charge is 0.423 e. The lowest BCUT2D eigenvalue weighted by Crippen LogP contribution is -2.18. The summed E-state index contributed by atoms with van der Waals surface area (Å²) in [6.07, 6.45) is -3.29. The fraction of sp³-hybridized carbons (Fsp3) is 0.0400. The molecule has 1 heterocycles. The number of esters is 2. The minimum absolute atomic E-state index is 0.0468. The molecule has 0 spiro atoms. The first-order valence-corrected chi connectivity index (χ1v) is 10.7. The molecule has 0 aliphatic heterocycles. The quantitative estimate of drug-likeness (QED) is 0.124. The Morgan fingerprint density at radius 2 is 1.43 bits per heavy atom. The maximum Gasteiger partial charge on any atom is 0.573 e. The molecule has 0 radical (unpaired) electrons. The zero-order chi connectivity index (χ0) is 25.3. The van der Waals surface area contributed by atoms with Gasteiger partial charge in [0.2, 0.25) is 0 Å². The third kappa shape index (κ3) is 4.87. The van der Waals surface area contributed by atoms with Crippen molar-refractivity contribution in [1.29, 1.82) is 0 Å². The number of rotatable bonds is 6. The Balaban J connectivity index is 1.84. The topological polar surface area (TPSA) is 61.8 Å². The summed E-state index contributed by atoms with van der Waals surface area (Å²) >= 11 is 0.730. The summed E-state index contributed by atoms with van der Waals surface area (Å²) in [5.41, 5.74) is 0.634. The van der Waals surface area contributed by atoms with Gasteiger partial charge in [-0.3, -0.25) is 0 Å². The van der Waals surface area contributed by atoms with Gasteiger partial charge in [0, 0.05) is 28.5 Å². The number of ether oxygens (including phenoxy) is 3. The Hall–Kier alpha value is -4.18. The van der Waals surface area contributed by atoms with Gasteiger partial charge in [-0.05, 0) is 29.8 Å². The normalized spacial score (nSPS) is 11.3. The molecule has 0 bridgehead atoms. The molecule has 4 rings (SSSR count). The maximum absolute atomic E-state index is 15.5. The first-order valence-electron chi connectivity index (χ1n) is 9.83. The molecule has 0 atom stereocenters. The molecule has 35 heavy (non-hydrogen) atoms. The van der Waals surface area contributed by atoms with Crippen LogP contribution in [0.5, 0.6) is 17.2 Å². The van der Waals surface area contributed by atoms with Crippen LogP contribution in [0.25, 0.3) is 31.3 Å². The third-order valence-corrected chi connectivity index (χ3v) is 6.03. The Labute approximate surface area is 199 Å². The van der Waals surface area contributed by atoms with Crippen LogP contribution in [0.15, 0.2) is 73.8 Å². The molecule has 10 heteroatoms. The van der Waals surface area contributed by atoms with Crippen molar-refractivity contribution in [3.8, 4) is 28.4 Å². The van der Waals surface area contributed by atoms with E-state index in [2.05, 4.69) is 17.9 Å². The molecule has 0 saturated heterocycles. The van der Waals surface area contributed by atoms with E-state index in [1.807, 2.05) is 0 Å². The third-order valence-electron chi connectivity index (χ3n) is 4.81. The van der Waals surface area contributed by atoms with Crippen molar-refractivity contribution in [2.24, 2.45) is 0 Å². The number of thiophene rings is 1. The average molecular weight is 502 g/mol. The molecule has 0 aliphatic rings. The van der Waals surface area contributed by atoms with Gasteiger partial charge in [-0.1, -0.05) is 37.4 Å². The predicted octanol–water partition coefficient (Wildman–Crippen LogP) is 6.94. The standard InChI is InChI=1S/C25H14F4O5S/c1-3-19(30)32-14-7-5-13(6-8-14)15-9-10-16-17-11-12-18(33-20(31)4-2)22(34-25(27,28)29)24(17)35-23(16)21(15)26/h3-12H,1-2H2. The minimum atomic E-state index is -5.08. The highest BCUT2D eigenvalue weighted by molar-refractivity contribution is 7.26. The van der Waals surface area contributed by atoms with Crippen molar-refractivity contribution < 1.29 is 41.4 Å². The molecule has 0 N–H and O–H groups in total. The van der Waals surface area contributed by atoms with Crippen LogP contribution < -0.4 is 14.2 Å². The van der Waals surface area contributed by atoms with Gasteiger partial charge in [-0.25, -0.2) is 14.0 Å². The number of hydrogen-bond acceptors (Lipinski definition) is 6.